The molecule has 0 radical (unpaired) electrons. The minimum Gasteiger partial charge on any atom is -0.477 e. The number of carboxylic acids is 1. The van der Waals surface area contributed by atoms with Crippen LogP contribution in [0.3, 0.4) is 0 Å². The Morgan fingerprint density at radius 3 is 2.75 bits per heavy atom. The zero-order valence-electron chi connectivity index (χ0n) is 11.2. The number of aromatic carboxylic acids is 1. The minimum absolute atomic E-state index is 0.227. The Balaban J connectivity index is 2.79. The maximum atomic E-state index is 12.2. The van der Waals surface area contributed by atoms with Gasteiger partial charge in [0.1, 0.15) is 16.2 Å². The first kappa shape index (κ1) is 14.3. The third kappa shape index (κ3) is 2.32. The Morgan fingerprint density at radius 2 is 2.20 bits per heavy atom. The van der Waals surface area contributed by atoms with Crippen molar-refractivity contribution in [1.29, 1.82) is 0 Å². The number of aryl methyl sites for hydroxylation is 1. The van der Waals surface area contributed by atoms with Gasteiger partial charge in [-0.1, -0.05) is 0 Å². The van der Waals surface area contributed by atoms with Gasteiger partial charge in [0.05, 0.1) is 10.3 Å². The molecule has 0 atom stereocenters. The Kier molecular flexibility index (Phi) is 3.89. The van der Waals surface area contributed by atoms with Crippen LogP contribution in [-0.4, -0.2) is 28.0 Å². The highest BCUT2D eigenvalue weighted by molar-refractivity contribution is 7.20. The number of pyridine rings is 1. The van der Waals surface area contributed by atoms with Crippen LogP contribution in [0.5, 0.6) is 0 Å². The van der Waals surface area contributed by atoms with Crippen molar-refractivity contribution in [3.63, 3.8) is 0 Å². The molecule has 7 heteroatoms. The first-order chi connectivity index (χ1) is 9.49. The van der Waals surface area contributed by atoms with Crippen molar-refractivity contribution in [3.8, 4) is 0 Å². The number of hydrogen-bond donors (Lipinski definition) is 2. The van der Waals surface area contributed by atoms with E-state index in [2.05, 4.69) is 4.99 Å². The van der Waals surface area contributed by atoms with E-state index in [4.69, 9.17) is 10.8 Å². The molecular formula is C13H15N3O3S. The van der Waals surface area contributed by atoms with E-state index in [1.54, 1.807) is 10.6 Å². The van der Waals surface area contributed by atoms with Gasteiger partial charge < -0.3 is 15.4 Å². The first-order valence-corrected chi connectivity index (χ1v) is 7.01. The van der Waals surface area contributed by atoms with Crippen LogP contribution in [0.1, 0.15) is 29.1 Å². The van der Waals surface area contributed by atoms with Crippen molar-refractivity contribution in [1.82, 2.24) is 4.57 Å². The lowest BCUT2D eigenvalue weighted by Gasteiger charge is -2.05. The number of carboxylic acid groups (broad SMARTS) is 1. The minimum atomic E-state index is -1.22. The molecule has 0 fully saturated rings. The fourth-order valence-corrected chi connectivity index (χ4v) is 3.05. The van der Waals surface area contributed by atoms with Gasteiger partial charge in [0.2, 0.25) is 5.43 Å². The van der Waals surface area contributed by atoms with Crippen LogP contribution in [-0.2, 0) is 6.54 Å². The third-order valence-electron chi connectivity index (χ3n) is 2.90. The molecule has 0 unspecified atom stereocenters. The summed E-state index contributed by atoms with van der Waals surface area (Å²) in [6.45, 7) is 4.88. The van der Waals surface area contributed by atoms with Gasteiger partial charge in [0.15, 0.2) is 0 Å². The maximum absolute atomic E-state index is 12.2. The van der Waals surface area contributed by atoms with Crippen molar-refractivity contribution in [2.75, 3.05) is 6.54 Å². The molecule has 106 valence electrons. The number of aromatic nitrogens is 1. The summed E-state index contributed by atoms with van der Waals surface area (Å²) in [6, 6.07) is 1.62. The van der Waals surface area contributed by atoms with Crippen LogP contribution in [0.15, 0.2) is 22.1 Å². The van der Waals surface area contributed by atoms with Gasteiger partial charge >= 0.3 is 5.97 Å². The van der Waals surface area contributed by atoms with Gasteiger partial charge in [-0.2, -0.15) is 0 Å². The average molecular weight is 293 g/mol. The Bertz CT molecular complexity index is 758. The highest BCUT2D eigenvalue weighted by atomic mass is 32.1. The SMILES string of the molecule is CCN=C(N)c1cc2c(=O)c(C(=O)O)cn(CC)c2s1. The second-order valence-electron chi connectivity index (χ2n) is 4.15. The zero-order valence-corrected chi connectivity index (χ0v) is 12.0. The predicted molar refractivity (Wildman–Crippen MR) is 80.0 cm³/mol. The van der Waals surface area contributed by atoms with Crippen molar-refractivity contribution in [2.45, 2.75) is 20.4 Å². The van der Waals surface area contributed by atoms with Gasteiger partial charge in [-0.05, 0) is 19.9 Å². The third-order valence-corrected chi connectivity index (χ3v) is 4.09. The number of carbonyl (C=O) groups is 1. The predicted octanol–water partition coefficient (Wildman–Crippen LogP) is 1.51. The lowest BCUT2D eigenvalue weighted by atomic mass is 10.2. The first-order valence-electron chi connectivity index (χ1n) is 6.20. The van der Waals surface area contributed by atoms with Crippen LogP contribution in [0, 0.1) is 0 Å². The summed E-state index contributed by atoms with van der Waals surface area (Å²) in [4.78, 5) is 28.8. The molecular weight excluding hydrogens is 278 g/mol. The summed E-state index contributed by atoms with van der Waals surface area (Å²) >= 11 is 1.35. The van der Waals surface area contributed by atoms with Crippen LogP contribution in [0.25, 0.3) is 10.2 Å². The molecule has 2 heterocycles. The zero-order chi connectivity index (χ0) is 14.9. The molecule has 20 heavy (non-hydrogen) atoms. The number of thiophene rings is 1. The van der Waals surface area contributed by atoms with E-state index in [9.17, 15) is 9.59 Å². The smallest absolute Gasteiger partial charge is 0.341 e. The number of amidine groups is 1. The van der Waals surface area contributed by atoms with Crippen LogP contribution in [0.4, 0.5) is 0 Å². The number of aliphatic imine (C=N–C) groups is 1. The average Bonchev–Trinajstić information content (AvgIpc) is 2.85. The lowest BCUT2D eigenvalue weighted by molar-refractivity contribution is 0.0695. The fourth-order valence-electron chi connectivity index (χ4n) is 1.94. The summed E-state index contributed by atoms with van der Waals surface area (Å²) in [5.74, 6) is -0.852. The molecule has 0 bridgehead atoms. The largest absolute Gasteiger partial charge is 0.477 e. The van der Waals surface area contributed by atoms with Gasteiger partial charge in [0, 0.05) is 19.3 Å². The van der Waals surface area contributed by atoms with E-state index in [0.717, 1.165) is 0 Å². The van der Waals surface area contributed by atoms with Crippen molar-refractivity contribution < 1.29 is 9.90 Å². The molecule has 6 nitrogen and oxygen atoms in total. The summed E-state index contributed by atoms with van der Waals surface area (Å²) in [6.07, 6.45) is 1.38. The molecule has 0 aliphatic rings. The quantitative estimate of drug-likeness (QED) is 0.659. The Morgan fingerprint density at radius 1 is 1.50 bits per heavy atom. The van der Waals surface area contributed by atoms with Crippen molar-refractivity contribution in [2.24, 2.45) is 10.7 Å². The monoisotopic (exact) mass is 293 g/mol. The molecule has 0 aromatic carbocycles. The van der Waals surface area contributed by atoms with Crippen molar-refractivity contribution >= 4 is 33.4 Å². The van der Waals surface area contributed by atoms with E-state index in [0.29, 0.717) is 34.0 Å². The topological polar surface area (TPSA) is 97.7 Å². The maximum Gasteiger partial charge on any atom is 0.341 e. The highest BCUT2D eigenvalue weighted by Gasteiger charge is 2.17. The second kappa shape index (κ2) is 5.46. The standard InChI is InChI=1S/C13H15N3O3S/c1-3-15-11(14)9-5-7-10(17)8(13(18)19)6-16(4-2)12(7)20-9/h5-6H,3-4H2,1-2H3,(H2,14,15)(H,18,19). The lowest BCUT2D eigenvalue weighted by Crippen LogP contribution is -2.17. The molecule has 0 saturated heterocycles. The van der Waals surface area contributed by atoms with Crippen molar-refractivity contribution in [3.05, 3.63) is 32.9 Å². The van der Waals surface area contributed by atoms with E-state index in [-0.39, 0.29) is 5.56 Å². The van der Waals surface area contributed by atoms with Crippen LogP contribution in [0.2, 0.25) is 0 Å². The summed E-state index contributed by atoms with van der Waals surface area (Å²) in [5.41, 5.74) is 5.13. The molecule has 2 aromatic rings. The summed E-state index contributed by atoms with van der Waals surface area (Å²) < 4.78 is 1.74. The van der Waals surface area contributed by atoms with Gasteiger partial charge in [-0.25, -0.2) is 4.79 Å². The summed E-state index contributed by atoms with van der Waals surface area (Å²) in [5, 5.41) is 9.46. The van der Waals surface area contributed by atoms with Gasteiger partial charge in [0.25, 0.3) is 0 Å². The Hall–Kier alpha value is -2.15. The molecule has 0 amide bonds. The van der Waals surface area contributed by atoms with Gasteiger partial charge in [-0.15, -0.1) is 11.3 Å². The molecule has 2 aromatic heterocycles. The van der Waals surface area contributed by atoms with E-state index < -0.39 is 11.4 Å². The highest BCUT2D eigenvalue weighted by Crippen LogP contribution is 2.24. The normalized spacial score (nSPS) is 12.0. The van der Waals surface area contributed by atoms with E-state index in [1.165, 1.54) is 17.5 Å². The molecule has 0 aliphatic carbocycles. The molecule has 0 spiro atoms. The molecule has 2 rings (SSSR count). The number of fused-ring (bicyclic) bond motifs is 1. The van der Waals surface area contributed by atoms with Crippen LogP contribution >= 0.6 is 11.3 Å². The summed E-state index contributed by atoms with van der Waals surface area (Å²) in [7, 11) is 0. The van der Waals surface area contributed by atoms with Crippen LogP contribution < -0.4 is 11.2 Å². The number of hydrogen-bond acceptors (Lipinski definition) is 4. The van der Waals surface area contributed by atoms with Gasteiger partial charge in [-0.3, -0.25) is 9.79 Å². The second-order valence-corrected chi connectivity index (χ2v) is 5.18. The van der Waals surface area contributed by atoms with E-state index >= 15 is 0 Å². The molecule has 0 saturated carbocycles. The Labute approximate surface area is 119 Å². The molecule has 3 N–H and O–H groups in total. The molecule has 0 aliphatic heterocycles. The number of nitrogens with two attached hydrogens (primary N) is 1. The number of nitrogens with zero attached hydrogens (tertiary/aromatic N) is 2. The fraction of sp³-hybridized carbons (Fsp3) is 0.308. The number of rotatable bonds is 4. The van der Waals surface area contributed by atoms with E-state index in [1.807, 2.05) is 13.8 Å².